The second-order valence-electron chi connectivity index (χ2n) is 14.7. The number of fused-ring (bicyclic) bond motifs is 3. The lowest BCUT2D eigenvalue weighted by atomic mass is 9.87. The first-order valence-corrected chi connectivity index (χ1v) is 18.4. The fourth-order valence-electron chi connectivity index (χ4n) is 7.30. The molecule has 1 aromatic heterocycles. The summed E-state index contributed by atoms with van der Waals surface area (Å²) < 4.78 is 11.0. The van der Waals surface area contributed by atoms with Gasteiger partial charge in [-0.2, -0.15) is 0 Å². The van der Waals surface area contributed by atoms with Crippen LogP contribution in [0.1, 0.15) is 26.3 Å². The van der Waals surface area contributed by atoms with Gasteiger partial charge in [-0.15, -0.1) is 0 Å². The number of para-hydroxylation sites is 1. The van der Waals surface area contributed by atoms with E-state index in [-0.39, 0.29) is 5.41 Å². The van der Waals surface area contributed by atoms with Crippen molar-refractivity contribution < 1.29 is 4.74 Å². The zero-order valence-corrected chi connectivity index (χ0v) is 30.6. The Labute approximate surface area is 316 Å². The van der Waals surface area contributed by atoms with Crippen LogP contribution in [-0.2, 0) is 5.41 Å². The second-order valence-corrected chi connectivity index (χ2v) is 14.7. The van der Waals surface area contributed by atoms with Crippen LogP contribution in [0.25, 0.3) is 44.3 Å². The molecule has 4 heteroatoms. The minimum absolute atomic E-state index is 0.0308. The van der Waals surface area contributed by atoms with Crippen molar-refractivity contribution in [1.82, 2.24) is 14.1 Å². The van der Waals surface area contributed by atoms with Crippen molar-refractivity contribution in [3.05, 3.63) is 188 Å². The summed E-state index contributed by atoms with van der Waals surface area (Å²) in [5.74, 6) is 1.48. The Bertz CT molecular complexity index is 2700. The lowest BCUT2D eigenvalue weighted by Gasteiger charge is -2.19. The highest BCUT2D eigenvalue weighted by Crippen LogP contribution is 2.47. The number of pyridine rings is 1. The van der Waals surface area contributed by atoms with Crippen molar-refractivity contribution in [2.45, 2.75) is 26.2 Å². The third-order valence-electron chi connectivity index (χ3n) is 10.0. The van der Waals surface area contributed by atoms with Crippen molar-refractivity contribution in [3.8, 4) is 45.0 Å². The normalized spacial score (nSPS) is 12.3. The molecule has 0 radical (unpaired) electrons. The lowest BCUT2D eigenvalue weighted by Crippen LogP contribution is -2.11. The van der Waals surface area contributed by atoms with E-state index in [1.165, 1.54) is 10.9 Å². The number of rotatable bonds is 7. The van der Waals surface area contributed by atoms with Gasteiger partial charge in [0.05, 0.1) is 28.3 Å². The average Bonchev–Trinajstić information content (AvgIpc) is 3.61. The van der Waals surface area contributed by atoms with Crippen molar-refractivity contribution >= 4 is 39.5 Å². The third-order valence-corrected chi connectivity index (χ3v) is 10.0. The Balaban J connectivity index is 1.20. The Hall–Kier alpha value is -6.87. The van der Waals surface area contributed by atoms with Gasteiger partial charge in [-0.3, -0.25) is 4.98 Å². The molecule has 4 nitrogen and oxygen atoms in total. The molecule has 2 heterocycles. The largest absolute Gasteiger partial charge is 0.503 e. The minimum Gasteiger partial charge on any atom is -0.457 e. The number of hydrogen-bond donors (Lipinski definition) is 0. The molecular formula is C50H39N3O+2. The standard InChI is InChI=1S/C50H39N3O/c1-50(2,3)39-29-30-51-46(32-39)38-20-12-22-41(31-38)54-42-23-13-21-40(33-42)52-34-53(49-45-24-11-10-19-37(45)27-28-47(49)52)48-43(35-15-6-4-7-16-35)25-14-26-44(48)36-17-8-5-9-18-36/h4-33H,1-3H3/q+2. The van der Waals surface area contributed by atoms with Gasteiger partial charge in [-0.25, -0.2) is 0 Å². The smallest absolute Gasteiger partial charge is 0.457 e. The molecule has 0 fully saturated rings. The third kappa shape index (κ3) is 6.19. The molecule has 0 saturated heterocycles. The van der Waals surface area contributed by atoms with Gasteiger partial charge in [0.25, 0.3) is 5.69 Å². The monoisotopic (exact) mass is 697 g/mol. The maximum Gasteiger partial charge on any atom is 0.503 e. The highest BCUT2D eigenvalue weighted by molar-refractivity contribution is 6.06. The molecule has 1 aliphatic rings. The fraction of sp³-hybridized carbons (Fsp3) is 0.0800. The summed E-state index contributed by atoms with van der Waals surface area (Å²) in [6.45, 7) is 6.66. The Morgan fingerprint density at radius 3 is 1.87 bits per heavy atom. The average molecular weight is 698 g/mol. The topological polar surface area (TPSA) is 28.1 Å². The molecule has 0 unspecified atom stereocenters. The maximum atomic E-state index is 6.57. The number of nitrogens with zero attached hydrogens (tertiary/aromatic N) is 3. The van der Waals surface area contributed by atoms with E-state index in [0.717, 1.165) is 73.1 Å². The first-order chi connectivity index (χ1) is 26.4. The van der Waals surface area contributed by atoms with E-state index in [1.807, 2.05) is 30.5 Å². The predicted molar refractivity (Wildman–Crippen MR) is 224 cm³/mol. The summed E-state index contributed by atoms with van der Waals surface area (Å²) in [7, 11) is 0. The SMILES string of the molecule is CC(C)(C)c1ccnc(-c2cccc(Oc3cccc([N+]4=C=[N+](c5c(-c6ccccc6)cccc5-c5ccccc5)c5c4ccc4ccccc54)c3)c2)c1. The van der Waals surface area contributed by atoms with Crippen LogP contribution in [0.4, 0.5) is 22.7 Å². The van der Waals surface area contributed by atoms with E-state index in [0.29, 0.717) is 0 Å². The van der Waals surface area contributed by atoms with Gasteiger partial charge in [0.15, 0.2) is 0 Å². The van der Waals surface area contributed by atoms with Gasteiger partial charge in [-0.1, -0.05) is 124 Å². The molecule has 1 aliphatic heterocycles. The molecule has 0 spiro atoms. The molecule has 0 bridgehead atoms. The first-order valence-electron chi connectivity index (χ1n) is 18.4. The van der Waals surface area contributed by atoms with E-state index in [4.69, 9.17) is 4.74 Å². The Kier molecular flexibility index (Phi) is 8.31. The number of aromatic nitrogens is 1. The highest BCUT2D eigenvalue weighted by Gasteiger charge is 2.41. The Morgan fingerprint density at radius 1 is 0.519 bits per heavy atom. The second kappa shape index (κ2) is 13.6. The molecular weight excluding hydrogens is 659 g/mol. The summed E-state index contributed by atoms with van der Waals surface area (Å²) in [5.41, 5.74) is 11.9. The molecule has 8 aromatic rings. The van der Waals surface area contributed by atoms with Crippen LogP contribution in [0.3, 0.4) is 0 Å². The minimum atomic E-state index is 0.0308. The van der Waals surface area contributed by atoms with Crippen LogP contribution in [0.5, 0.6) is 11.5 Å². The van der Waals surface area contributed by atoms with Crippen molar-refractivity contribution in [3.63, 3.8) is 0 Å². The highest BCUT2D eigenvalue weighted by atomic mass is 16.5. The van der Waals surface area contributed by atoms with Crippen molar-refractivity contribution in [2.75, 3.05) is 0 Å². The van der Waals surface area contributed by atoms with Crippen LogP contribution < -0.4 is 13.9 Å². The zero-order valence-electron chi connectivity index (χ0n) is 30.6. The predicted octanol–water partition coefficient (Wildman–Crippen LogP) is 13.2. The quantitative estimate of drug-likeness (QED) is 0.155. The molecule has 9 rings (SSSR count). The number of hydrogen-bond acceptors (Lipinski definition) is 2. The zero-order chi connectivity index (χ0) is 36.6. The summed E-state index contributed by atoms with van der Waals surface area (Å²) in [5, 5.41) is 2.32. The number of ether oxygens (including phenoxy) is 1. The first kappa shape index (κ1) is 33.0. The van der Waals surface area contributed by atoms with Crippen LogP contribution in [-0.4, -0.2) is 11.0 Å². The molecule has 7 aromatic carbocycles. The van der Waals surface area contributed by atoms with E-state index in [2.05, 4.69) is 193 Å². The van der Waals surface area contributed by atoms with Gasteiger partial charge in [0.1, 0.15) is 11.5 Å². The summed E-state index contributed by atoms with van der Waals surface area (Å²) >= 11 is 0. The molecule has 0 saturated carbocycles. The molecule has 258 valence electrons. The van der Waals surface area contributed by atoms with Crippen molar-refractivity contribution in [1.29, 1.82) is 0 Å². The molecule has 0 atom stereocenters. The molecule has 0 aliphatic carbocycles. The Morgan fingerprint density at radius 2 is 1.15 bits per heavy atom. The molecule has 0 N–H and O–H groups in total. The van der Waals surface area contributed by atoms with Gasteiger partial charge >= 0.3 is 11.7 Å². The van der Waals surface area contributed by atoms with E-state index in [1.54, 1.807) is 0 Å². The van der Waals surface area contributed by atoms with Crippen LogP contribution in [0.2, 0.25) is 0 Å². The lowest BCUT2D eigenvalue weighted by molar-refractivity contribution is 0.483. The van der Waals surface area contributed by atoms with Crippen LogP contribution in [0, 0.1) is 0 Å². The van der Waals surface area contributed by atoms with Gasteiger partial charge in [0, 0.05) is 23.9 Å². The van der Waals surface area contributed by atoms with E-state index < -0.39 is 0 Å². The van der Waals surface area contributed by atoms with E-state index in [9.17, 15) is 0 Å². The van der Waals surface area contributed by atoms with Gasteiger partial charge in [-0.05, 0) is 91.2 Å². The van der Waals surface area contributed by atoms with Crippen LogP contribution in [0.15, 0.2) is 182 Å². The van der Waals surface area contributed by atoms with Gasteiger partial charge in [0.2, 0.25) is 11.4 Å². The summed E-state index contributed by atoms with van der Waals surface area (Å²) in [6.07, 6.45) is 1.89. The fourth-order valence-corrected chi connectivity index (χ4v) is 7.30. The molecule has 54 heavy (non-hydrogen) atoms. The van der Waals surface area contributed by atoms with Crippen molar-refractivity contribution in [2.24, 2.45) is 0 Å². The summed E-state index contributed by atoms with van der Waals surface area (Å²) in [4.78, 5) is 4.69. The maximum absolute atomic E-state index is 6.57. The van der Waals surface area contributed by atoms with E-state index >= 15 is 0 Å². The van der Waals surface area contributed by atoms with Crippen LogP contribution >= 0.6 is 0 Å². The number of benzene rings is 7. The summed E-state index contributed by atoms with van der Waals surface area (Å²) in [6, 6.07) is 65.3. The molecule has 0 amide bonds. The van der Waals surface area contributed by atoms with Gasteiger partial charge < -0.3 is 4.74 Å².